The van der Waals surface area contributed by atoms with Crippen LogP contribution >= 0.6 is 0 Å². The van der Waals surface area contributed by atoms with E-state index in [2.05, 4.69) is 5.32 Å². The Hall–Kier alpha value is -2.17. The molecule has 1 N–H and O–H groups in total. The third-order valence-electron chi connectivity index (χ3n) is 2.79. The summed E-state index contributed by atoms with van der Waals surface area (Å²) >= 11 is 0. The van der Waals surface area contributed by atoms with Crippen molar-refractivity contribution < 1.29 is 19.0 Å². The van der Waals surface area contributed by atoms with Crippen molar-refractivity contribution in [1.82, 2.24) is 5.32 Å². The van der Waals surface area contributed by atoms with Gasteiger partial charge in [-0.15, -0.1) is 0 Å². The van der Waals surface area contributed by atoms with Crippen LogP contribution < -0.4 is 19.5 Å². The van der Waals surface area contributed by atoms with Gasteiger partial charge in [-0.3, -0.25) is 4.79 Å². The Labute approximate surface area is 105 Å². The van der Waals surface area contributed by atoms with E-state index in [-0.39, 0.29) is 5.91 Å². The molecule has 1 aliphatic heterocycles. The smallest absolute Gasteiger partial charge is 0.244 e. The molecule has 0 fully saturated rings. The van der Waals surface area contributed by atoms with Gasteiger partial charge in [-0.2, -0.15) is 0 Å². The van der Waals surface area contributed by atoms with Crippen LogP contribution in [0.3, 0.4) is 0 Å². The first-order chi connectivity index (χ1) is 8.69. The molecule has 5 heteroatoms. The molecule has 0 bridgehead atoms. The predicted octanol–water partition coefficient (Wildman–Crippen LogP) is 1.23. The second-order valence-corrected chi connectivity index (χ2v) is 3.80. The van der Waals surface area contributed by atoms with Crippen molar-refractivity contribution in [1.29, 1.82) is 0 Å². The molecule has 2 rings (SSSR count). The van der Waals surface area contributed by atoms with Crippen LogP contribution in [0, 0.1) is 0 Å². The zero-order chi connectivity index (χ0) is 13.1. The van der Waals surface area contributed by atoms with Crippen molar-refractivity contribution in [2.75, 3.05) is 27.9 Å². The molecular formula is C13H15NO4. The van der Waals surface area contributed by atoms with Crippen molar-refractivity contribution in [3.05, 3.63) is 23.8 Å². The summed E-state index contributed by atoms with van der Waals surface area (Å²) < 4.78 is 15.8. The van der Waals surface area contributed by atoms with Crippen LogP contribution in [0.15, 0.2) is 18.2 Å². The Kier molecular flexibility index (Phi) is 3.41. The number of ether oxygens (including phenoxy) is 3. The number of carbonyl (C=O) groups excluding carboxylic acids is 1. The molecule has 0 aliphatic carbocycles. The number of nitrogens with one attached hydrogen (secondary N) is 1. The number of hydrogen-bond acceptors (Lipinski definition) is 4. The van der Waals surface area contributed by atoms with Gasteiger partial charge in [0.25, 0.3) is 0 Å². The third-order valence-corrected chi connectivity index (χ3v) is 2.79. The molecule has 0 aromatic heterocycles. The Morgan fingerprint density at radius 2 is 1.67 bits per heavy atom. The van der Waals surface area contributed by atoms with Crippen LogP contribution in [0.25, 0.3) is 5.57 Å². The maximum atomic E-state index is 11.2. The fourth-order valence-electron chi connectivity index (χ4n) is 1.89. The van der Waals surface area contributed by atoms with E-state index in [0.717, 1.165) is 11.1 Å². The quantitative estimate of drug-likeness (QED) is 0.871. The maximum Gasteiger partial charge on any atom is 0.244 e. The summed E-state index contributed by atoms with van der Waals surface area (Å²) in [4.78, 5) is 11.2. The number of amides is 1. The minimum Gasteiger partial charge on any atom is -0.493 e. The zero-order valence-electron chi connectivity index (χ0n) is 10.6. The molecule has 0 saturated heterocycles. The zero-order valence-corrected chi connectivity index (χ0v) is 10.6. The van der Waals surface area contributed by atoms with Gasteiger partial charge in [0, 0.05) is 12.6 Å². The molecular weight excluding hydrogens is 234 g/mol. The lowest BCUT2D eigenvalue weighted by Gasteiger charge is -2.14. The molecule has 1 aromatic carbocycles. The highest BCUT2D eigenvalue weighted by molar-refractivity contribution is 6.00. The fraction of sp³-hybridized carbons (Fsp3) is 0.308. The molecule has 5 nitrogen and oxygen atoms in total. The van der Waals surface area contributed by atoms with E-state index < -0.39 is 0 Å². The third kappa shape index (κ3) is 2.11. The highest BCUT2D eigenvalue weighted by Crippen LogP contribution is 2.40. The van der Waals surface area contributed by atoms with Gasteiger partial charge in [0.1, 0.15) is 0 Å². The molecule has 18 heavy (non-hydrogen) atoms. The first-order valence-corrected chi connectivity index (χ1v) is 5.48. The Bertz CT molecular complexity index is 483. The Morgan fingerprint density at radius 1 is 1.06 bits per heavy atom. The average Bonchev–Trinajstić information content (AvgIpc) is 2.83. The van der Waals surface area contributed by atoms with Crippen molar-refractivity contribution in [2.24, 2.45) is 0 Å². The fourth-order valence-corrected chi connectivity index (χ4v) is 1.89. The Balaban J connectivity index is 2.50. The summed E-state index contributed by atoms with van der Waals surface area (Å²) in [5.41, 5.74) is 1.78. The molecule has 1 heterocycles. The normalized spacial score (nSPS) is 13.9. The second-order valence-electron chi connectivity index (χ2n) is 3.80. The predicted molar refractivity (Wildman–Crippen MR) is 67.1 cm³/mol. The molecule has 1 aliphatic rings. The average molecular weight is 249 g/mol. The summed E-state index contributed by atoms with van der Waals surface area (Å²) in [6.45, 7) is 0.511. The van der Waals surface area contributed by atoms with Gasteiger partial charge in [-0.05, 0) is 23.3 Å². The lowest BCUT2D eigenvalue weighted by molar-refractivity contribution is -0.115. The van der Waals surface area contributed by atoms with E-state index >= 15 is 0 Å². The van der Waals surface area contributed by atoms with E-state index in [9.17, 15) is 4.79 Å². The van der Waals surface area contributed by atoms with Gasteiger partial charge in [-0.1, -0.05) is 0 Å². The molecule has 0 unspecified atom stereocenters. The summed E-state index contributed by atoms with van der Waals surface area (Å²) in [6, 6.07) is 3.65. The molecule has 1 aromatic rings. The second kappa shape index (κ2) is 5.00. The van der Waals surface area contributed by atoms with Gasteiger partial charge in [0.2, 0.25) is 11.7 Å². The van der Waals surface area contributed by atoms with Crippen molar-refractivity contribution in [3.63, 3.8) is 0 Å². The highest BCUT2D eigenvalue weighted by Gasteiger charge is 2.18. The van der Waals surface area contributed by atoms with E-state index in [1.54, 1.807) is 27.4 Å². The minimum atomic E-state index is -0.0845. The Morgan fingerprint density at radius 3 is 2.06 bits per heavy atom. The molecule has 0 atom stereocenters. The summed E-state index contributed by atoms with van der Waals surface area (Å²) in [7, 11) is 4.68. The standard InChI is InChI=1S/C13H15NO4/c1-16-10-4-8(9-6-12(15)14-7-9)5-11(17-2)13(10)18-3/h4-6H,7H2,1-3H3,(H,14,15). The van der Waals surface area contributed by atoms with E-state index in [4.69, 9.17) is 14.2 Å². The van der Waals surface area contributed by atoms with Crippen LogP contribution in [-0.2, 0) is 4.79 Å². The number of hydrogen-bond donors (Lipinski definition) is 1. The topological polar surface area (TPSA) is 56.8 Å². The number of benzene rings is 1. The van der Waals surface area contributed by atoms with Gasteiger partial charge in [0.15, 0.2) is 11.5 Å². The summed E-state index contributed by atoms with van der Waals surface area (Å²) in [6.07, 6.45) is 1.57. The highest BCUT2D eigenvalue weighted by atomic mass is 16.5. The first kappa shape index (κ1) is 12.3. The van der Waals surface area contributed by atoms with Gasteiger partial charge in [0.05, 0.1) is 21.3 Å². The van der Waals surface area contributed by atoms with Crippen LogP contribution in [0.2, 0.25) is 0 Å². The molecule has 0 saturated carbocycles. The van der Waals surface area contributed by atoms with E-state index in [1.807, 2.05) is 12.1 Å². The van der Waals surface area contributed by atoms with E-state index in [0.29, 0.717) is 23.8 Å². The van der Waals surface area contributed by atoms with Gasteiger partial charge >= 0.3 is 0 Å². The van der Waals surface area contributed by atoms with Crippen LogP contribution in [-0.4, -0.2) is 33.8 Å². The van der Waals surface area contributed by atoms with Crippen LogP contribution in [0.1, 0.15) is 5.56 Å². The number of carbonyl (C=O) groups is 1. The number of methoxy groups -OCH3 is 3. The molecule has 0 radical (unpaired) electrons. The van der Waals surface area contributed by atoms with E-state index in [1.165, 1.54) is 0 Å². The van der Waals surface area contributed by atoms with Crippen molar-refractivity contribution in [2.45, 2.75) is 0 Å². The minimum absolute atomic E-state index is 0.0845. The van der Waals surface area contributed by atoms with Gasteiger partial charge < -0.3 is 19.5 Å². The molecule has 0 spiro atoms. The van der Waals surface area contributed by atoms with Crippen LogP contribution in [0.4, 0.5) is 0 Å². The lowest BCUT2D eigenvalue weighted by Crippen LogP contribution is -2.14. The lowest BCUT2D eigenvalue weighted by atomic mass is 10.1. The molecule has 96 valence electrons. The van der Waals surface area contributed by atoms with Crippen LogP contribution in [0.5, 0.6) is 17.2 Å². The maximum absolute atomic E-state index is 11.2. The van der Waals surface area contributed by atoms with Gasteiger partial charge in [-0.25, -0.2) is 0 Å². The number of rotatable bonds is 4. The SMILES string of the molecule is COc1cc(C2=CC(=O)NC2)cc(OC)c1OC. The monoisotopic (exact) mass is 249 g/mol. The first-order valence-electron chi connectivity index (χ1n) is 5.48. The summed E-state index contributed by atoms with van der Waals surface area (Å²) in [5, 5.41) is 2.73. The molecule has 1 amide bonds. The summed E-state index contributed by atoms with van der Waals surface area (Å²) in [5.74, 6) is 1.61. The van der Waals surface area contributed by atoms with Crippen molar-refractivity contribution in [3.8, 4) is 17.2 Å². The largest absolute Gasteiger partial charge is 0.493 e. The van der Waals surface area contributed by atoms with Crippen molar-refractivity contribution >= 4 is 11.5 Å².